The van der Waals surface area contributed by atoms with Gasteiger partial charge in [-0.15, -0.1) is 0 Å². The van der Waals surface area contributed by atoms with Crippen LogP contribution in [0.15, 0.2) is 40.9 Å². The first kappa shape index (κ1) is 18.0. The number of nitrogens with zero attached hydrogens (tertiary/aromatic N) is 4. The fourth-order valence-corrected chi connectivity index (χ4v) is 3.73. The molecule has 144 valence electrons. The largest absolute Gasteiger partial charge is 0.476 e. The average Bonchev–Trinajstić information content (AvgIpc) is 3.33. The minimum absolute atomic E-state index is 0.0656. The van der Waals surface area contributed by atoms with Crippen molar-refractivity contribution in [2.24, 2.45) is 7.05 Å². The van der Waals surface area contributed by atoms with Crippen LogP contribution in [-0.4, -0.2) is 49.9 Å². The van der Waals surface area contributed by atoms with Crippen molar-refractivity contribution in [3.8, 4) is 11.3 Å². The summed E-state index contributed by atoms with van der Waals surface area (Å²) in [6.45, 7) is 0. The van der Waals surface area contributed by atoms with Crippen molar-refractivity contribution in [1.82, 2.24) is 19.8 Å². The van der Waals surface area contributed by atoms with Crippen LogP contribution in [0.5, 0.6) is 0 Å². The van der Waals surface area contributed by atoms with Gasteiger partial charge in [-0.25, -0.2) is 4.79 Å². The van der Waals surface area contributed by atoms with Crippen LogP contribution in [0.2, 0.25) is 0 Å². The van der Waals surface area contributed by atoms with E-state index in [1.165, 1.54) is 0 Å². The van der Waals surface area contributed by atoms with Crippen LogP contribution in [0.4, 0.5) is 0 Å². The number of amides is 1. The molecule has 1 aliphatic carbocycles. The zero-order valence-corrected chi connectivity index (χ0v) is 15.6. The molecule has 1 unspecified atom stereocenters. The molecule has 28 heavy (non-hydrogen) atoms. The third kappa shape index (κ3) is 3.06. The highest BCUT2D eigenvalue weighted by molar-refractivity contribution is 5.93. The molecule has 2 aromatic heterocycles. The lowest BCUT2D eigenvalue weighted by atomic mass is 9.90. The molecule has 0 fully saturated rings. The number of rotatable bonds is 4. The van der Waals surface area contributed by atoms with Crippen LogP contribution in [-0.2, 0) is 19.9 Å². The number of carboxylic acids is 1. The lowest BCUT2D eigenvalue weighted by Gasteiger charge is -2.31. The summed E-state index contributed by atoms with van der Waals surface area (Å²) in [5.41, 5.74) is 2.77. The summed E-state index contributed by atoms with van der Waals surface area (Å²) in [5, 5.41) is 17.4. The van der Waals surface area contributed by atoms with Crippen LogP contribution in [0.25, 0.3) is 11.3 Å². The van der Waals surface area contributed by atoms with Crippen molar-refractivity contribution in [2.45, 2.75) is 25.3 Å². The first-order valence-electron chi connectivity index (χ1n) is 9.03. The lowest BCUT2D eigenvalue weighted by Crippen LogP contribution is -2.41. The molecule has 8 heteroatoms. The zero-order valence-electron chi connectivity index (χ0n) is 15.6. The van der Waals surface area contributed by atoms with E-state index >= 15 is 0 Å². The Balaban J connectivity index is 1.54. The molecule has 2 heterocycles. The highest BCUT2D eigenvalue weighted by Crippen LogP contribution is 2.28. The van der Waals surface area contributed by atoms with Crippen LogP contribution < -0.4 is 0 Å². The summed E-state index contributed by atoms with van der Waals surface area (Å²) in [7, 11) is 3.46. The molecule has 0 bridgehead atoms. The lowest BCUT2D eigenvalue weighted by molar-refractivity contribution is 0.0687. The molecule has 4 rings (SSSR count). The second-order valence-electron chi connectivity index (χ2n) is 6.96. The monoisotopic (exact) mass is 380 g/mol. The van der Waals surface area contributed by atoms with Crippen LogP contribution in [0, 0.1) is 0 Å². The van der Waals surface area contributed by atoms with Crippen LogP contribution in [0.1, 0.15) is 38.7 Å². The molecule has 0 radical (unpaired) electrons. The SMILES string of the molecule is CN(C(=O)c1cc(-c2ccccc2)on1)C1CCc2c(c(C(=O)O)nn2C)C1. The van der Waals surface area contributed by atoms with Gasteiger partial charge >= 0.3 is 5.97 Å². The Morgan fingerprint density at radius 3 is 2.75 bits per heavy atom. The van der Waals surface area contributed by atoms with Gasteiger partial charge in [0.2, 0.25) is 0 Å². The Bertz CT molecular complexity index is 1040. The highest BCUT2D eigenvalue weighted by Gasteiger charge is 2.32. The number of hydrogen-bond donors (Lipinski definition) is 1. The molecule has 0 spiro atoms. The number of fused-ring (bicyclic) bond motifs is 1. The van der Waals surface area contributed by atoms with Gasteiger partial charge in [0.1, 0.15) is 0 Å². The summed E-state index contributed by atoms with van der Waals surface area (Å²) >= 11 is 0. The zero-order chi connectivity index (χ0) is 19.8. The Morgan fingerprint density at radius 2 is 2.04 bits per heavy atom. The maximum atomic E-state index is 12.9. The third-order valence-corrected chi connectivity index (χ3v) is 5.29. The molecular weight excluding hydrogens is 360 g/mol. The molecule has 0 aliphatic heterocycles. The molecule has 1 amide bonds. The molecule has 0 saturated heterocycles. The van der Waals surface area contributed by atoms with Gasteiger partial charge in [-0.05, 0) is 19.3 Å². The van der Waals surface area contributed by atoms with E-state index in [9.17, 15) is 14.7 Å². The summed E-state index contributed by atoms with van der Waals surface area (Å²) in [5.74, 6) is -0.765. The van der Waals surface area contributed by atoms with Gasteiger partial charge in [-0.3, -0.25) is 9.48 Å². The van der Waals surface area contributed by atoms with Gasteiger partial charge in [0.15, 0.2) is 17.1 Å². The number of aromatic carboxylic acids is 1. The predicted octanol–water partition coefficient (Wildman–Crippen LogP) is 2.40. The Kier molecular flexibility index (Phi) is 4.46. The van der Waals surface area contributed by atoms with Crippen molar-refractivity contribution in [3.05, 3.63) is 59.0 Å². The number of benzene rings is 1. The number of carbonyl (C=O) groups is 2. The van der Waals surface area contributed by atoms with Crippen molar-refractivity contribution in [3.63, 3.8) is 0 Å². The average molecular weight is 380 g/mol. The van der Waals surface area contributed by atoms with Crippen molar-refractivity contribution in [1.29, 1.82) is 0 Å². The number of likely N-dealkylation sites (N-methyl/N-ethyl adjacent to an activating group) is 1. The summed E-state index contributed by atoms with van der Waals surface area (Å²) in [6, 6.07) is 11.0. The second-order valence-corrected chi connectivity index (χ2v) is 6.96. The van der Waals surface area contributed by atoms with E-state index < -0.39 is 5.97 Å². The van der Waals surface area contributed by atoms with Crippen LogP contribution >= 0.6 is 0 Å². The fourth-order valence-electron chi connectivity index (χ4n) is 3.73. The molecule has 1 atom stereocenters. The number of aromatic nitrogens is 3. The number of carboxylic acid groups (broad SMARTS) is 1. The predicted molar refractivity (Wildman–Crippen MR) is 100 cm³/mol. The minimum Gasteiger partial charge on any atom is -0.476 e. The molecule has 0 saturated carbocycles. The van der Waals surface area contributed by atoms with Crippen molar-refractivity contribution < 1.29 is 19.2 Å². The number of aryl methyl sites for hydroxylation is 1. The first-order valence-corrected chi connectivity index (χ1v) is 9.03. The summed E-state index contributed by atoms with van der Waals surface area (Å²) in [4.78, 5) is 26.0. The van der Waals surface area contributed by atoms with Gasteiger partial charge in [0, 0.05) is 43.0 Å². The van der Waals surface area contributed by atoms with E-state index in [4.69, 9.17) is 4.52 Å². The summed E-state index contributed by atoms with van der Waals surface area (Å²) < 4.78 is 6.96. The maximum Gasteiger partial charge on any atom is 0.356 e. The topological polar surface area (TPSA) is 101 Å². The Morgan fingerprint density at radius 1 is 1.29 bits per heavy atom. The van der Waals surface area contributed by atoms with E-state index in [0.29, 0.717) is 24.2 Å². The minimum atomic E-state index is -1.05. The smallest absolute Gasteiger partial charge is 0.356 e. The van der Waals surface area contributed by atoms with E-state index in [1.807, 2.05) is 30.3 Å². The second kappa shape index (κ2) is 6.95. The third-order valence-electron chi connectivity index (χ3n) is 5.29. The normalized spacial score (nSPS) is 15.9. The standard InChI is InChI=1S/C20H20N4O4/c1-23(13-8-9-16-14(10-13)18(20(26)27)21-24(16)2)19(25)15-11-17(28-22-15)12-6-4-3-5-7-12/h3-7,11,13H,8-10H2,1-2H3,(H,26,27). The van der Waals surface area contributed by atoms with E-state index in [1.54, 1.807) is 29.7 Å². The van der Waals surface area contributed by atoms with Gasteiger partial charge in [0.05, 0.1) is 0 Å². The number of carbonyl (C=O) groups excluding carboxylic acids is 1. The van der Waals surface area contributed by atoms with E-state index in [-0.39, 0.29) is 23.3 Å². The maximum absolute atomic E-state index is 12.9. The van der Waals surface area contributed by atoms with Crippen LogP contribution in [0.3, 0.4) is 0 Å². The van der Waals surface area contributed by atoms with Gasteiger partial charge < -0.3 is 14.5 Å². The molecule has 1 N–H and O–H groups in total. The quantitative estimate of drug-likeness (QED) is 0.746. The molecule has 1 aromatic carbocycles. The molecule has 1 aliphatic rings. The first-order chi connectivity index (χ1) is 13.5. The van der Waals surface area contributed by atoms with Gasteiger partial charge in [-0.2, -0.15) is 5.10 Å². The van der Waals surface area contributed by atoms with Gasteiger partial charge in [-0.1, -0.05) is 35.5 Å². The molecule has 8 nitrogen and oxygen atoms in total. The highest BCUT2D eigenvalue weighted by atomic mass is 16.5. The Labute approximate surface area is 161 Å². The van der Waals surface area contributed by atoms with Gasteiger partial charge in [0.25, 0.3) is 5.91 Å². The van der Waals surface area contributed by atoms with E-state index in [2.05, 4.69) is 10.3 Å². The van der Waals surface area contributed by atoms with E-state index in [0.717, 1.165) is 17.7 Å². The fraction of sp³-hybridized carbons (Fsp3) is 0.300. The molecule has 3 aromatic rings. The summed E-state index contributed by atoms with van der Waals surface area (Å²) in [6.07, 6.45) is 1.86. The number of hydrogen-bond acceptors (Lipinski definition) is 5. The van der Waals surface area contributed by atoms with Crippen molar-refractivity contribution >= 4 is 11.9 Å². The van der Waals surface area contributed by atoms with Crippen molar-refractivity contribution in [2.75, 3.05) is 7.05 Å². The Hall–Kier alpha value is -3.42. The molecular formula is C20H20N4O4.